The molecule has 0 atom stereocenters. The van der Waals surface area contributed by atoms with Crippen LogP contribution < -0.4 is 5.32 Å². The second-order valence-electron chi connectivity index (χ2n) is 6.66. The minimum atomic E-state index is -0.925. The normalized spacial score (nSPS) is 15.7. The lowest BCUT2D eigenvalue weighted by molar-refractivity contribution is -0.126. The van der Waals surface area contributed by atoms with Gasteiger partial charge < -0.3 is 10.4 Å². The van der Waals surface area contributed by atoms with Crippen molar-refractivity contribution >= 4 is 11.9 Å². The average Bonchev–Trinajstić information content (AvgIpc) is 3.14. The Morgan fingerprint density at radius 1 is 0.960 bits per heavy atom. The van der Waals surface area contributed by atoms with Crippen LogP contribution >= 0.6 is 0 Å². The number of benzene rings is 2. The van der Waals surface area contributed by atoms with Crippen molar-refractivity contribution in [1.29, 1.82) is 0 Å². The highest BCUT2D eigenvalue weighted by molar-refractivity contribution is 5.88. The Kier molecular flexibility index (Phi) is 5.17. The van der Waals surface area contributed by atoms with Crippen molar-refractivity contribution in [2.24, 2.45) is 0 Å². The molecular weight excluding hydrogens is 314 g/mol. The molecule has 0 unspecified atom stereocenters. The van der Waals surface area contributed by atoms with Gasteiger partial charge in [-0.25, -0.2) is 4.79 Å². The maximum atomic E-state index is 12.9. The summed E-state index contributed by atoms with van der Waals surface area (Å²) in [6, 6.07) is 16.9. The number of hydrogen-bond acceptors (Lipinski definition) is 2. The number of carbonyl (C=O) groups excluding carboxylic acids is 1. The van der Waals surface area contributed by atoms with Crippen LogP contribution in [0.15, 0.2) is 54.6 Å². The van der Waals surface area contributed by atoms with Crippen LogP contribution in [0.2, 0.25) is 0 Å². The third kappa shape index (κ3) is 3.73. The van der Waals surface area contributed by atoms with E-state index < -0.39 is 11.4 Å². The molecule has 4 nitrogen and oxygen atoms in total. The third-order valence-corrected chi connectivity index (χ3v) is 5.12. The summed E-state index contributed by atoms with van der Waals surface area (Å²) in [6.07, 6.45) is 4.65. The highest BCUT2D eigenvalue weighted by Crippen LogP contribution is 2.41. The molecule has 2 N–H and O–H groups in total. The molecule has 3 rings (SSSR count). The van der Waals surface area contributed by atoms with Gasteiger partial charge in [0.1, 0.15) is 0 Å². The molecule has 2 aromatic carbocycles. The van der Waals surface area contributed by atoms with Crippen molar-refractivity contribution in [3.8, 4) is 0 Å². The van der Waals surface area contributed by atoms with E-state index in [-0.39, 0.29) is 11.5 Å². The van der Waals surface area contributed by atoms with Crippen LogP contribution in [0.5, 0.6) is 0 Å². The van der Waals surface area contributed by atoms with Gasteiger partial charge in [0.2, 0.25) is 5.91 Å². The van der Waals surface area contributed by atoms with Gasteiger partial charge in [0.05, 0.1) is 11.0 Å². The lowest BCUT2D eigenvalue weighted by Gasteiger charge is -2.28. The molecule has 1 amide bonds. The standard InChI is InChI=1S/C21H23NO3/c23-19(24)17-10-8-16(9-11-17)12-15-22-20(25)21(13-4-5-14-21)18-6-2-1-3-7-18/h1-3,6-11H,4-5,12-15H2,(H,22,25)(H,23,24). The smallest absolute Gasteiger partial charge is 0.335 e. The van der Waals surface area contributed by atoms with E-state index in [9.17, 15) is 9.59 Å². The molecule has 25 heavy (non-hydrogen) atoms. The van der Waals surface area contributed by atoms with Gasteiger partial charge in [-0.15, -0.1) is 0 Å². The fourth-order valence-corrected chi connectivity index (χ4v) is 3.69. The lowest BCUT2D eigenvalue weighted by Crippen LogP contribution is -2.43. The molecule has 130 valence electrons. The van der Waals surface area contributed by atoms with Crippen molar-refractivity contribution < 1.29 is 14.7 Å². The maximum Gasteiger partial charge on any atom is 0.335 e. The number of nitrogens with one attached hydrogen (secondary N) is 1. The van der Waals surface area contributed by atoms with E-state index in [1.807, 2.05) is 18.2 Å². The minimum absolute atomic E-state index is 0.110. The van der Waals surface area contributed by atoms with Gasteiger partial charge in [-0.1, -0.05) is 55.3 Å². The number of aromatic carboxylic acids is 1. The molecule has 1 fully saturated rings. The van der Waals surface area contributed by atoms with Gasteiger partial charge in [0.15, 0.2) is 0 Å². The SMILES string of the molecule is O=C(O)c1ccc(CCNC(=O)C2(c3ccccc3)CCCC2)cc1. The number of rotatable bonds is 6. The van der Waals surface area contributed by atoms with E-state index in [1.54, 1.807) is 24.3 Å². The van der Waals surface area contributed by atoms with Crippen LogP contribution in [0.25, 0.3) is 0 Å². The van der Waals surface area contributed by atoms with Gasteiger partial charge in [0.25, 0.3) is 0 Å². The monoisotopic (exact) mass is 337 g/mol. The Hall–Kier alpha value is -2.62. The second-order valence-corrected chi connectivity index (χ2v) is 6.66. The Balaban J connectivity index is 1.62. The first kappa shape index (κ1) is 17.2. The summed E-state index contributed by atoms with van der Waals surface area (Å²) in [5.74, 6) is -0.816. The summed E-state index contributed by atoms with van der Waals surface area (Å²) >= 11 is 0. The maximum absolute atomic E-state index is 12.9. The van der Waals surface area contributed by atoms with Crippen molar-refractivity contribution in [2.45, 2.75) is 37.5 Å². The molecule has 0 aliphatic heterocycles. The van der Waals surface area contributed by atoms with Crippen LogP contribution in [-0.2, 0) is 16.6 Å². The molecule has 0 aromatic heterocycles. The summed E-state index contributed by atoms with van der Waals surface area (Å²) in [4.78, 5) is 23.8. The summed E-state index contributed by atoms with van der Waals surface area (Å²) in [5.41, 5.74) is 2.01. The predicted octanol–water partition coefficient (Wildman–Crippen LogP) is 3.56. The van der Waals surface area contributed by atoms with Crippen molar-refractivity contribution in [3.05, 3.63) is 71.3 Å². The van der Waals surface area contributed by atoms with Crippen molar-refractivity contribution in [3.63, 3.8) is 0 Å². The fraction of sp³-hybridized carbons (Fsp3) is 0.333. The molecule has 2 aromatic rings. The number of hydrogen-bond donors (Lipinski definition) is 2. The molecule has 0 heterocycles. The van der Waals surface area contributed by atoms with E-state index in [1.165, 1.54) is 0 Å². The molecule has 1 aliphatic rings. The quantitative estimate of drug-likeness (QED) is 0.847. The zero-order valence-corrected chi connectivity index (χ0v) is 14.2. The van der Waals surface area contributed by atoms with Gasteiger partial charge in [0, 0.05) is 6.54 Å². The Labute approximate surface area is 147 Å². The highest BCUT2D eigenvalue weighted by Gasteiger charge is 2.42. The summed E-state index contributed by atoms with van der Waals surface area (Å²) < 4.78 is 0. The lowest BCUT2D eigenvalue weighted by atomic mass is 9.78. The Bertz CT molecular complexity index is 731. The zero-order chi connectivity index (χ0) is 17.7. The topological polar surface area (TPSA) is 66.4 Å². The fourth-order valence-electron chi connectivity index (χ4n) is 3.69. The molecule has 1 saturated carbocycles. The van der Waals surface area contributed by atoms with E-state index >= 15 is 0 Å². The molecule has 4 heteroatoms. The molecule has 0 radical (unpaired) electrons. The van der Waals surface area contributed by atoms with E-state index in [0.717, 1.165) is 36.8 Å². The Morgan fingerprint density at radius 2 is 1.60 bits per heavy atom. The van der Waals surface area contributed by atoms with Gasteiger partial charge in [-0.2, -0.15) is 0 Å². The largest absolute Gasteiger partial charge is 0.478 e. The first-order valence-corrected chi connectivity index (χ1v) is 8.78. The van der Waals surface area contributed by atoms with Crippen LogP contribution in [0.3, 0.4) is 0 Å². The molecule has 1 aliphatic carbocycles. The van der Waals surface area contributed by atoms with Crippen LogP contribution in [0.4, 0.5) is 0 Å². The van der Waals surface area contributed by atoms with Crippen molar-refractivity contribution in [2.75, 3.05) is 6.54 Å². The van der Waals surface area contributed by atoms with Gasteiger partial charge in [-0.3, -0.25) is 4.79 Å². The minimum Gasteiger partial charge on any atom is -0.478 e. The number of amides is 1. The van der Waals surface area contributed by atoms with Crippen LogP contribution in [0.1, 0.15) is 47.2 Å². The zero-order valence-electron chi connectivity index (χ0n) is 14.2. The summed E-state index contributed by atoms with van der Waals surface area (Å²) in [5, 5.41) is 12.0. The summed E-state index contributed by atoms with van der Waals surface area (Å²) in [7, 11) is 0. The highest BCUT2D eigenvalue weighted by atomic mass is 16.4. The van der Waals surface area contributed by atoms with Crippen molar-refractivity contribution in [1.82, 2.24) is 5.32 Å². The van der Waals surface area contributed by atoms with Crippen LogP contribution in [-0.4, -0.2) is 23.5 Å². The predicted molar refractivity (Wildman–Crippen MR) is 96.7 cm³/mol. The molecule has 0 spiro atoms. The van der Waals surface area contributed by atoms with Crippen LogP contribution in [0, 0.1) is 0 Å². The first-order chi connectivity index (χ1) is 12.1. The third-order valence-electron chi connectivity index (χ3n) is 5.12. The molecule has 0 bridgehead atoms. The summed E-state index contributed by atoms with van der Waals surface area (Å²) in [6.45, 7) is 0.555. The number of carbonyl (C=O) groups is 2. The van der Waals surface area contributed by atoms with Gasteiger partial charge in [-0.05, 0) is 42.5 Å². The van der Waals surface area contributed by atoms with Gasteiger partial charge >= 0.3 is 5.97 Å². The Morgan fingerprint density at radius 3 is 2.20 bits per heavy atom. The number of carboxylic acids is 1. The second kappa shape index (κ2) is 7.51. The molecule has 0 saturated heterocycles. The first-order valence-electron chi connectivity index (χ1n) is 8.78. The van der Waals surface area contributed by atoms with E-state index in [2.05, 4.69) is 17.4 Å². The van der Waals surface area contributed by atoms with E-state index in [0.29, 0.717) is 13.0 Å². The number of carboxylic acid groups (broad SMARTS) is 1. The average molecular weight is 337 g/mol. The molecular formula is C21H23NO3. The van der Waals surface area contributed by atoms with E-state index in [4.69, 9.17) is 5.11 Å².